The lowest BCUT2D eigenvalue weighted by Crippen LogP contribution is -2.66. The van der Waals surface area contributed by atoms with Crippen molar-refractivity contribution < 1.29 is 9.59 Å². The molecule has 21 heavy (non-hydrogen) atoms. The Hall–Kier alpha value is -1.84. The van der Waals surface area contributed by atoms with Crippen LogP contribution in [0.3, 0.4) is 0 Å². The molecule has 0 N–H and O–H groups in total. The number of allylic oxidation sites excluding steroid dienone is 1. The van der Waals surface area contributed by atoms with Gasteiger partial charge in [-0.2, -0.15) is 0 Å². The molecule has 3 unspecified atom stereocenters. The van der Waals surface area contributed by atoms with E-state index in [0.717, 1.165) is 30.4 Å². The largest absolute Gasteiger partial charge is 0.331 e. The number of nitrogens with zero attached hydrogens (tertiary/aromatic N) is 2. The zero-order chi connectivity index (χ0) is 15.6. The molecule has 0 saturated carbocycles. The van der Waals surface area contributed by atoms with Crippen molar-refractivity contribution in [1.29, 1.82) is 0 Å². The molecule has 114 valence electrons. The van der Waals surface area contributed by atoms with Gasteiger partial charge in [0.05, 0.1) is 12.1 Å². The molecule has 0 aromatic carbocycles. The lowest BCUT2D eigenvalue weighted by molar-refractivity contribution is -0.154. The van der Waals surface area contributed by atoms with E-state index in [1.807, 2.05) is 24.8 Å². The second-order valence-electron chi connectivity index (χ2n) is 5.71. The molecule has 1 saturated heterocycles. The van der Waals surface area contributed by atoms with Gasteiger partial charge >= 0.3 is 0 Å². The Balaban J connectivity index is 2.46. The molecule has 0 bridgehead atoms. The molecule has 4 heteroatoms. The molecule has 2 aliphatic rings. The van der Waals surface area contributed by atoms with Crippen LogP contribution in [0.25, 0.3) is 0 Å². The standard InChI is InChI=1S/C17H24N2O2/c1-5-8-15-17(21)18-10-9-13(6-2)14(7-3)16(18)12(4)19(15)11-20/h6-7,11-12,15-16H,2-3,5,8-10H2,1,4H3. The van der Waals surface area contributed by atoms with Crippen LogP contribution in [0.1, 0.15) is 33.1 Å². The summed E-state index contributed by atoms with van der Waals surface area (Å²) in [6.45, 7) is 12.5. The maximum Gasteiger partial charge on any atom is 0.245 e. The van der Waals surface area contributed by atoms with Crippen LogP contribution in [0.4, 0.5) is 0 Å². The summed E-state index contributed by atoms with van der Waals surface area (Å²) in [6.07, 6.45) is 6.87. The quantitative estimate of drug-likeness (QED) is 0.728. The van der Waals surface area contributed by atoms with Gasteiger partial charge < -0.3 is 9.80 Å². The lowest BCUT2D eigenvalue weighted by Gasteiger charge is -2.51. The average molecular weight is 288 g/mol. The van der Waals surface area contributed by atoms with Gasteiger partial charge in [0.1, 0.15) is 6.04 Å². The van der Waals surface area contributed by atoms with Gasteiger partial charge in [0.2, 0.25) is 12.3 Å². The number of carbonyl (C=O) groups excluding carboxylic acids is 2. The molecule has 2 rings (SSSR count). The minimum atomic E-state index is -0.324. The fourth-order valence-corrected chi connectivity index (χ4v) is 3.60. The van der Waals surface area contributed by atoms with E-state index >= 15 is 0 Å². The Bertz CT molecular complexity index is 495. The number of fused-ring (bicyclic) bond motifs is 1. The molecule has 2 aliphatic heterocycles. The first-order valence-electron chi connectivity index (χ1n) is 7.61. The molecule has 0 spiro atoms. The van der Waals surface area contributed by atoms with Gasteiger partial charge in [0.25, 0.3) is 0 Å². The van der Waals surface area contributed by atoms with Crippen molar-refractivity contribution in [2.75, 3.05) is 6.54 Å². The first-order chi connectivity index (χ1) is 10.1. The van der Waals surface area contributed by atoms with E-state index in [0.29, 0.717) is 13.0 Å². The van der Waals surface area contributed by atoms with Crippen molar-refractivity contribution in [3.63, 3.8) is 0 Å². The van der Waals surface area contributed by atoms with E-state index in [-0.39, 0.29) is 24.0 Å². The first-order valence-corrected chi connectivity index (χ1v) is 7.61. The monoisotopic (exact) mass is 288 g/mol. The van der Waals surface area contributed by atoms with Crippen molar-refractivity contribution >= 4 is 12.3 Å². The highest BCUT2D eigenvalue weighted by Gasteiger charge is 2.46. The van der Waals surface area contributed by atoms with E-state index in [2.05, 4.69) is 13.2 Å². The second kappa shape index (κ2) is 6.29. The van der Waals surface area contributed by atoms with Crippen LogP contribution in [0.2, 0.25) is 0 Å². The van der Waals surface area contributed by atoms with Crippen molar-refractivity contribution in [3.05, 3.63) is 36.5 Å². The number of piperazine rings is 1. The minimum Gasteiger partial charge on any atom is -0.331 e. The van der Waals surface area contributed by atoms with Gasteiger partial charge in [-0.25, -0.2) is 0 Å². The zero-order valence-corrected chi connectivity index (χ0v) is 12.9. The van der Waals surface area contributed by atoms with E-state index in [4.69, 9.17) is 0 Å². The van der Waals surface area contributed by atoms with Crippen LogP contribution in [0.15, 0.2) is 36.5 Å². The van der Waals surface area contributed by atoms with Crippen molar-refractivity contribution in [3.8, 4) is 0 Å². The van der Waals surface area contributed by atoms with Crippen LogP contribution >= 0.6 is 0 Å². The third-order valence-electron chi connectivity index (χ3n) is 4.65. The highest BCUT2D eigenvalue weighted by molar-refractivity contribution is 5.86. The van der Waals surface area contributed by atoms with Crippen molar-refractivity contribution in [2.45, 2.75) is 51.2 Å². The Morgan fingerprint density at radius 1 is 1.33 bits per heavy atom. The zero-order valence-electron chi connectivity index (χ0n) is 12.9. The smallest absolute Gasteiger partial charge is 0.245 e. The molecular formula is C17H24N2O2. The number of amides is 2. The van der Waals surface area contributed by atoms with Crippen LogP contribution in [0, 0.1) is 0 Å². The van der Waals surface area contributed by atoms with Gasteiger partial charge in [-0.05, 0) is 30.9 Å². The summed E-state index contributed by atoms with van der Waals surface area (Å²) >= 11 is 0. The molecule has 0 aliphatic carbocycles. The predicted molar refractivity (Wildman–Crippen MR) is 83.6 cm³/mol. The molecular weight excluding hydrogens is 264 g/mol. The third-order valence-corrected chi connectivity index (χ3v) is 4.65. The van der Waals surface area contributed by atoms with Gasteiger partial charge in [-0.15, -0.1) is 0 Å². The minimum absolute atomic E-state index is 0.0417. The van der Waals surface area contributed by atoms with E-state index in [1.165, 1.54) is 0 Å². The molecule has 2 amide bonds. The molecule has 0 aromatic rings. The fraction of sp³-hybridized carbons (Fsp3) is 0.529. The Kier molecular flexibility index (Phi) is 4.66. The summed E-state index contributed by atoms with van der Waals surface area (Å²) in [7, 11) is 0. The van der Waals surface area contributed by atoms with E-state index < -0.39 is 0 Å². The summed E-state index contributed by atoms with van der Waals surface area (Å²) in [4.78, 5) is 27.9. The van der Waals surface area contributed by atoms with Gasteiger partial charge in [0, 0.05) is 6.54 Å². The summed E-state index contributed by atoms with van der Waals surface area (Å²) in [6, 6.07) is -0.467. The molecule has 4 nitrogen and oxygen atoms in total. The Morgan fingerprint density at radius 3 is 2.57 bits per heavy atom. The normalized spacial score (nSPS) is 29.2. The molecule has 0 radical (unpaired) electrons. The molecule has 2 heterocycles. The summed E-state index contributed by atoms with van der Waals surface area (Å²) in [5.41, 5.74) is 2.16. The first kappa shape index (κ1) is 15.5. The average Bonchev–Trinajstić information content (AvgIpc) is 2.51. The number of carbonyl (C=O) groups is 2. The maximum atomic E-state index is 12.8. The van der Waals surface area contributed by atoms with Gasteiger partial charge in [-0.3, -0.25) is 9.59 Å². The van der Waals surface area contributed by atoms with Crippen LogP contribution in [-0.4, -0.2) is 46.8 Å². The van der Waals surface area contributed by atoms with Crippen LogP contribution < -0.4 is 0 Å². The third kappa shape index (κ3) is 2.43. The summed E-state index contributed by atoms with van der Waals surface area (Å²) < 4.78 is 0. The topological polar surface area (TPSA) is 40.6 Å². The van der Waals surface area contributed by atoms with Crippen LogP contribution in [0.5, 0.6) is 0 Å². The highest BCUT2D eigenvalue weighted by atomic mass is 16.2. The Labute approximate surface area is 126 Å². The predicted octanol–water partition coefficient (Wildman–Crippen LogP) is 2.29. The summed E-state index contributed by atoms with van der Waals surface area (Å²) in [5, 5.41) is 0. The molecule has 0 aromatic heterocycles. The van der Waals surface area contributed by atoms with Crippen LogP contribution in [-0.2, 0) is 9.59 Å². The van der Waals surface area contributed by atoms with Crippen molar-refractivity contribution in [2.24, 2.45) is 0 Å². The van der Waals surface area contributed by atoms with Gasteiger partial charge in [0.15, 0.2) is 0 Å². The summed E-state index contributed by atoms with van der Waals surface area (Å²) in [5.74, 6) is 0.0644. The maximum absolute atomic E-state index is 12.8. The fourth-order valence-electron chi connectivity index (χ4n) is 3.60. The van der Waals surface area contributed by atoms with E-state index in [1.54, 1.807) is 11.0 Å². The second-order valence-corrected chi connectivity index (χ2v) is 5.71. The molecule has 1 fully saturated rings. The molecule has 3 atom stereocenters. The number of hydrogen-bond donors (Lipinski definition) is 0. The van der Waals surface area contributed by atoms with E-state index in [9.17, 15) is 9.59 Å². The highest BCUT2D eigenvalue weighted by Crippen LogP contribution is 2.34. The number of rotatable bonds is 5. The van der Waals surface area contributed by atoms with Gasteiger partial charge in [-0.1, -0.05) is 38.7 Å². The Morgan fingerprint density at radius 2 is 2.05 bits per heavy atom. The SMILES string of the molecule is C=CC1=C(C=C)C2C(C)N(C=O)C(CCC)C(=O)N2CC1. The van der Waals surface area contributed by atoms with Crippen molar-refractivity contribution in [1.82, 2.24) is 9.80 Å². The lowest BCUT2D eigenvalue weighted by atomic mass is 9.84. The number of hydrogen-bond acceptors (Lipinski definition) is 2.